The molecular formula is C18H20N4O2S. The van der Waals surface area contributed by atoms with Crippen LogP contribution in [0, 0.1) is 4.78 Å². The van der Waals surface area contributed by atoms with Crippen molar-refractivity contribution in [1.29, 1.82) is 4.78 Å². The number of aryl methyl sites for hydroxylation is 2. The maximum absolute atomic E-state index is 12.9. The summed E-state index contributed by atoms with van der Waals surface area (Å²) >= 11 is 0. The molecule has 2 aliphatic rings. The first-order valence-corrected chi connectivity index (χ1v) is 10.1. The van der Waals surface area contributed by atoms with Crippen LogP contribution in [0.1, 0.15) is 45.5 Å². The normalized spacial score (nSPS) is 17.6. The summed E-state index contributed by atoms with van der Waals surface area (Å²) in [6, 6.07) is 5.40. The molecule has 7 heteroatoms. The molecule has 130 valence electrons. The highest BCUT2D eigenvalue weighted by Crippen LogP contribution is 2.38. The third kappa shape index (κ3) is 2.83. The maximum atomic E-state index is 12.9. The van der Waals surface area contributed by atoms with E-state index in [0.717, 1.165) is 44.2 Å². The van der Waals surface area contributed by atoms with E-state index in [2.05, 4.69) is 16.4 Å². The van der Waals surface area contributed by atoms with E-state index in [0.29, 0.717) is 0 Å². The van der Waals surface area contributed by atoms with Gasteiger partial charge in [-0.1, -0.05) is 6.07 Å². The zero-order valence-electron chi connectivity index (χ0n) is 13.8. The third-order valence-corrected chi connectivity index (χ3v) is 5.91. The predicted octanol–water partition coefficient (Wildman–Crippen LogP) is 2.59. The zero-order chi connectivity index (χ0) is 17.6. The molecule has 0 radical (unpaired) electrons. The van der Waals surface area contributed by atoms with Gasteiger partial charge in [0.05, 0.1) is 5.56 Å². The Labute approximate surface area is 147 Å². The van der Waals surface area contributed by atoms with Gasteiger partial charge in [0, 0.05) is 11.9 Å². The van der Waals surface area contributed by atoms with Crippen LogP contribution in [0.3, 0.4) is 0 Å². The minimum atomic E-state index is -3.57. The molecule has 4 N–H and O–H groups in total. The molecule has 0 saturated carbocycles. The van der Waals surface area contributed by atoms with E-state index in [4.69, 9.17) is 9.92 Å². The Morgan fingerprint density at radius 1 is 1.16 bits per heavy atom. The van der Waals surface area contributed by atoms with E-state index in [9.17, 15) is 9.00 Å². The van der Waals surface area contributed by atoms with E-state index in [1.54, 1.807) is 6.07 Å². The van der Waals surface area contributed by atoms with Gasteiger partial charge in [-0.15, -0.1) is 0 Å². The summed E-state index contributed by atoms with van der Waals surface area (Å²) in [7, 11) is -3.57. The molecule has 0 bridgehead atoms. The average Bonchev–Trinajstić information content (AvgIpc) is 3.22. The van der Waals surface area contributed by atoms with Crippen LogP contribution >= 0.6 is 0 Å². The summed E-state index contributed by atoms with van der Waals surface area (Å²) < 4.78 is 19.5. The molecule has 2 aromatic rings. The van der Waals surface area contributed by atoms with Crippen LogP contribution in [-0.2, 0) is 35.6 Å². The molecule has 1 aromatic heterocycles. The molecule has 0 spiro atoms. The lowest BCUT2D eigenvalue weighted by Crippen LogP contribution is -2.22. The molecule has 1 amide bonds. The van der Waals surface area contributed by atoms with Gasteiger partial charge < -0.3 is 5.32 Å². The Morgan fingerprint density at radius 3 is 2.40 bits per heavy atom. The van der Waals surface area contributed by atoms with Crippen molar-refractivity contribution < 1.29 is 9.00 Å². The third-order valence-electron chi connectivity index (χ3n) is 5.01. The number of nitrogens with two attached hydrogens (primary N) is 1. The molecular weight excluding hydrogens is 336 g/mol. The summed E-state index contributed by atoms with van der Waals surface area (Å²) in [6.07, 6.45) is 7.62. The fraction of sp³-hybridized carbons (Fsp3) is 0.333. The molecule has 1 atom stereocenters. The highest BCUT2D eigenvalue weighted by molar-refractivity contribution is 7.90. The smallest absolute Gasteiger partial charge is 0.258 e. The van der Waals surface area contributed by atoms with Crippen LogP contribution in [-0.4, -0.2) is 15.1 Å². The first kappa shape index (κ1) is 16.2. The quantitative estimate of drug-likeness (QED) is 0.786. The summed E-state index contributed by atoms with van der Waals surface area (Å²) in [6.45, 7) is 0. The number of pyridine rings is 1. The lowest BCUT2D eigenvalue weighted by Gasteiger charge is -2.17. The van der Waals surface area contributed by atoms with Crippen molar-refractivity contribution in [2.75, 3.05) is 5.32 Å². The number of carbonyl (C=O) groups excluding carboxylic acids is 1. The van der Waals surface area contributed by atoms with Crippen LogP contribution in [0.4, 0.5) is 5.69 Å². The number of rotatable bonds is 3. The SMILES string of the molecule is N=S(N)(=O)c1ncccc1C(=O)Nc1c2c(cc3c1CCC3)CCC2. The zero-order valence-corrected chi connectivity index (χ0v) is 14.6. The number of fused-ring (bicyclic) bond motifs is 2. The molecule has 2 aliphatic carbocycles. The Bertz CT molecular complexity index is 951. The number of nitrogens with zero attached hydrogens (tertiary/aromatic N) is 1. The maximum Gasteiger partial charge on any atom is 0.258 e. The van der Waals surface area contributed by atoms with E-state index in [-0.39, 0.29) is 10.6 Å². The van der Waals surface area contributed by atoms with Gasteiger partial charge in [0.2, 0.25) is 0 Å². The number of aromatic nitrogens is 1. The van der Waals surface area contributed by atoms with E-state index in [1.807, 2.05) is 0 Å². The Hall–Kier alpha value is -2.25. The van der Waals surface area contributed by atoms with E-state index in [1.165, 1.54) is 34.5 Å². The number of amides is 1. The van der Waals surface area contributed by atoms with Crippen molar-refractivity contribution in [1.82, 2.24) is 4.98 Å². The van der Waals surface area contributed by atoms with Crippen molar-refractivity contribution in [3.63, 3.8) is 0 Å². The molecule has 1 aromatic carbocycles. The highest BCUT2D eigenvalue weighted by Gasteiger charge is 2.26. The van der Waals surface area contributed by atoms with Gasteiger partial charge in [-0.3, -0.25) is 4.79 Å². The van der Waals surface area contributed by atoms with Crippen molar-refractivity contribution in [3.05, 3.63) is 52.2 Å². The summed E-state index contributed by atoms with van der Waals surface area (Å²) in [5.74, 6) is -0.400. The first-order valence-electron chi connectivity index (χ1n) is 8.44. The molecule has 25 heavy (non-hydrogen) atoms. The standard InChI is InChI=1S/C18H20N4O2S/c19-25(20,24)18-15(8-3-9-21-18)17(23)22-16-13-6-1-4-11(13)10-12-5-2-7-14(12)16/h3,8-10H,1-2,4-7H2,(H,22,23)(H3,19,20,24). The van der Waals surface area contributed by atoms with E-state index < -0.39 is 15.8 Å². The van der Waals surface area contributed by atoms with Crippen LogP contribution in [0.25, 0.3) is 0 Å². The van der Waals surface area contributed by atoms with Crippen molar-refractivity contribution in [2.45, 2.75) is 43.6 Å². The number of benzene rings is 1. The van der Waals surface area contributed by atoms with Gasteiger partial charge in [-0.2, -0.15) is 0 Å². The van der Waals surface area contributed by atoms with Crippen LogP contribution in [0.2, 0.25) is 0 Å². The van der Waals surface area contributed by atoms with E-state index >= 15 is 0 Å². The molecule has 1 heterocycles. The number of hydrogen-bond donors (Lipinski definition) is 3. The largest absolute Gasteiger partial charge is 0.321 e. The molecule has 0 aliphatic heterocycles. The summed E-state index contributed by atoms with van der Waals surface area (Å²) in [4.78, 5) is 16.8. The first-order chi connectivity index (χ1) is 11.9. The number of nitrogens with one attached hydrogen (secondary N) is 2. The van der Waals surface area contributed by atoms with Crippen LogP contribution in [0.15, 0.2) is 29.4 Å². The highest BCUT2D eigenvalue weighted by atomic mass is 32.2. The van der Waals surface area contributed by atoms with Gasteiger partial charge in [-0.05, 0) is 72.9 Å². The Balaban J connectivity index is 1.77. The Morgan fingerprint density at radius 2 is 1.80 bits per heavy atom. The second-order valence-electron chi connectivity index (χ2n) is 6.64. The second kappa shape index (κ2) is 5.93. The lowest BCUT2D eigenvalue weighted by atomic mass is 9.98. The van der Waals surface area contributed by atoms with Gasteiger partial charge in [0.1, 0.15) is 0 Å². The van der Waals surface area contributed by atoms with Gasteiger partial charge in [0.15, 0.2) is 14.9 Å². The topological polar surface area (TPSA) is 109 Å². The molecule has 0 saturated heterocycles. The fourth-order valence-corrected chi connectivity index (χ4v) is 4.66. The minimum absolute atomic E-state index is 0.104. The lowest BCUT2D eigenvalue weighted by molar-refractivity contribution is 0.102. The number of anilines is 1. The van der Waals surface area contributed by atoms with Crippen LogP contribution in [0.5, 0.6) is 0 Å². The number of carbonyl (C=O) groups is 1. The van der Waals surface area contributed by atoms with Crippen molar-refractivity contribution >= 4 is 21.5 Å². The van der Waals surface area contributed by atoms with Gasteiger partial charge in [0.25, 0.3) is 5.91 Å². The van der Waals surface area contributed by atoms with Gasteiger partial charge >= 0.3 is 0 Å². The summed E-state index contributed by atoms with van der Waals surface area (Å²) in [5, 5.41) is 8.28. The van der Waals surface area contributed by atoms with Crippen molar-refractivity contribution in [2.24, 2.45) is 5.14 Å². The van der Waals surface area contributed by atoms with Gasteiger partial charge in [-0.25, -0.2) is 19.1 Å². The number of hydrogen-bond acceptors (Lipinski definition) is 4. The molecule has 0 fully saturated rings. The summed E-state index contributed by atoms with van der Waals surface area (Å²) in [5.41, 5.74) is 6.11. The van der Waals surface area contributed by atoms with Crippen molar-refractivity contribution in [3.8, 4) is 0 Å². The molecule has 1 unspecified atom stereocenters. The predicted molar refractivity (Wildman–Crippen MR) is 96.0 cm³/mol. The minimum Gasteiger partial charge on any atom is -0.321 e. The second-order valence-corrected chi connectivity index (χ2v) is 8.23. The molecule has 4 rings (SSSR count). The fourth-order valence-electron chi connectivity index (χ4n) is 3.95. The monoisotopic (exact) mass is 356 g/mol. The molecule has 6 nitrogen and oxygen atoms in total. The average molecular weight is 356 g/mol. The Kier molecular flexibility index (Phi) is 3.85. The van der Waals surface area contributed by atoms with Crippen LogP contribution < -0.4 is 10.5 Å².